The van der Waals surface area contributed by atoms with Gasteiger partial charge in [-0.1, -0.05) is 25.5 Å². The molecular formula is C8H15. The van der Waals surface area contributed by atoms with Crippen LogP contribution in [0.15, 0.2) is 11.6 Å². The van der Waals surface area contributed by atoms with E-state index in [-0.39, 0.29) is 0 Å². The van der Waals surface area contributed by atoms with Crippen molar-refractivity contribution >= 4 is 0 Å². The molecule has 0 heteroatoms. The number of rotatable bonds is 2. The van der Waals surface area contributed by atoms with Gasteiger partial charge in [0.2, 0.25) is 0 Å². The molecule has 0 saturated heterocycles. The molecule has 47 valence electrons. The summed E-state index contributed by atoms with van der Waals surface area (Å²) in [5, 5.41) is 0. The summed E-state index contributed by atoms with van der Waals surface area (Å²) in [5.41, 5.74) is 1.44. The second-order valence-electron chi connectivity index (χ2n) is 2.44. The molecule has 0 saturated carbocycles. The molecule has 0 fully saturated rings. The Morgan fingerprint density at radius 2 is 2.25 bits per heavy atom. The van der Waals surface area contributed by atoms with Crippen LogP contribution in [0.3, 0.4) is 0 Å². The van der Waals surface area contributed by atoms with Crippen molar-refractivity contribution in [2.75, 3.05) is 0 Å². The third-order valence-corrected chi connectivity index (χ3v) is 1.16. The average Bonchev–Trinajstić information content (AvgIpc) is 1.65. The van der Waals surface area contributed by atoms with Crippen molar-refractivity contribution in [1.29, 1.82) is 0 Å². The molecule has 1 radical (unpaired) electrons. The molecule has 0 N–H and O–H groups in total. The van der Waals surface area contributed by atoms with Gasteiger partial charge >= 0.3 is 0 Å². The van der Waals surface area contributed by atoms with Crippen molar-refractivity contribution in [2.45, 2.75) is 27.2 Å². The van der Waals surface area contributed by atoms with E-state index < -0.39 is 0 Å². The van der Waals surface area contributed by atoms with Crippen LogP contribution in [-0.2, 0) is 0 Å². The van der Waals surface area contributed by atoms with Gasteiger partial charge in [0.1, 0.15) is 0 Å². The largest absolute Gasteiger partial charge is 0.0887 e. The minimum atomic E-state index is 0.561. The first-order valence-corrected chi connectivity index (χ1v) is 3.11. The van der Waals surface area contributed by atoms with Crippen molar-refractivity contribution < 1.29 is 0 Å². The molecule has 1 unspecified atom stereocenters. The monoisotopic (exact) mass is 111 g/mol. The maximum atomic E-state index is 3.89. The molecule has 0 aromatic carbocycles. The van der Waals surface area contributed by atoms with Gasteiger partial charge in [0.05, 0.1) is 0 Å². The molecule has 0 aromatic rings. The molecule has 0 aliphatic rings. The average molecular weight is 111 g/mol. The normalized spacial score (nSPS) is 12.9. The van der Waals surface area contributed by atoms with Crippen LogP contribution in [0, 0.1) is 12.8 Å². The Labute approximate surface area is 52.6 Å². The van der Waals surface area contributed by atoms with Gasteiger partial charge in [-0.15, -0.1) is 0 Å². The number of hydrogen-bond donors (Lipinski definition) is 0. The number of hydrogen-bond acceptors (Lipinski definition) is 0. The van der Waals surface area contributed by atoms with Gasteiger partial charge in [-0.05, 0) is 26.2 Å². The fourth-order valence-corrected chi connectivity index (χ4v) is 0.667. The van der Waals surface area contributed by atoms with Crippen molar-refractivity contribution in [3.8, 4) is 0 Å². The number of allylic oxidation sites excluding steroid dienone is 2. The van der Waals surface area contributed by atoms with Gasteiger partial charge < -0.3 is 0 Å². The zero-order valence-corrected chi connectivity index (χ0v) is 6.07. The Bertz CT molecular complexity index is 78.0. The van der Waals surface area contributed by atoms with E-state index in [0.29, 0.717) is 5.92 Å². The zero-order chi connectivity index (χ0) is 6.57. The fourth-order valence-electron chi connectivity index (χ4n) is 0.667. The van der Waals surface area contributed by atoms with Crippen LogP contribution in [0.2, 0.25) is 0 Å². The lowest BCUT2D eigenvalue weighted by atomic mass is 10.0. The summed E-state index contributed by atoms with van der Waals surface area (Å²) in [7, 11) is 0. The molecular weight excluding hydrogens is 96.1 g/mol. The molecule has 1 atom stereocenters. The van der Waals surface area contributed by atoms with E-state index >= 15 is 0 Å². The smallest absolute Gasteiger partial charge is 0.0297 e. The molecule has 0 amide bonds. The Balaban J connectivity index is 3.39. The molecule has 0 aromatic heterocycles. The van der Waals surface area contributed by atoms with E-state index in [2.05, 4.69) is 33.8 Å². The van der Waals surface area contributed by atoms with Gasteiger partial charge in [0.25, 0.3) is 0 Å². The van der Waals surface area contributed by atoms with E-state index in [1.165, 1.54) is 5.57 Å². The Hall–Kier alpha value is -0.260. The van der Waals surface area contributed by atoms with Crippen molar-refractivity contribution in [1.82, 2.24) is 0 Å². The van der Waals surface area contributed by atoms with Crippen LogP contribution in [0.25, 0.3) is 0 Å². The highest BCUT2D eigenvalue weighted by atomic mass is 14.0. The highest BCUT2D eigenvalue weighted by Crippen LogP contribution is 2.07. The maximum Gasteiger partial charge on any atom is -0.0297 e. The van der Waals surface area contributed by atoms with E-state index in [1.807, 2.05) is 0 Å². The summed E-state index contributed by atoms with van der Waals surface area (Å²) in [6.45, 7) is 10.2. The Morgan fingerprint density at radius 1 is 1.75 bits per heavy atom. The van der Waals surface area contributed by atoms with Gasteiger partial charge in [-0.3, -0.25) is 0 Å². The Kier molecular flexibility index (Phi) is 3.59. The highest BCUT2D eigenvalue weighted by Gasteiger charge is 1.92. The van der Waals surface area contributed by atoms with Gasteiger partial charge in [-0.25, -0.2) is 0 Å². The molecule has 0 bridgehead atoms. The van der Waals surface area contributed by atoms with Crippen LogP contribution < -0.4 is 0 Å². The lowest BCUT2D eigenvalue weighted by Crippen LogP contribution is -1.86. The summed E-state index contributed by atoms with van der Waals surface area (Å²) in [4.78, 5) is 0. The summed E-state index contributed by atoms with van der Waals surface area (Å²) in [6.07, 6.45) is 3.28. The highest BCUT2D eigenvalue weighted by molar-refractivity contribution is 4.96. The zero-order valence-electron chi connectivity index (χ0n) is 6.07. The van der Waals surface area contributed by atoms with E-state index in [4.69, 9.17) is 0 Å². The lowest BCUT2D eigenvalue weighted by Gasteiger charge is -2.01. The van der Waals surface area contributed by atoms with E-state index in [9.17, 15) is 0 Å². The van der Waals surface area contributed by atoms with E-state index in [1.54, 1.807) is 0 Å². The summed E-state index contributed by atoms with van der Waals surface area (Å²) in [6, 6.07) is 0. The third kappa shape index (κ3) is 3.91. The van der Waals surface area contributed by atoms with Gasteiger partial charge in [0.15, 0.2) is 0 Å². The summed E-state index contributed by atoms with van der Waals surface area (Å²) < 4.78 is 0. The van der Waals surface area contributed by atoms with Crippen LogP contribution in [0.4, 0.5) is 0 Å². The fraction of sp³-hybridized carbons (Fsp3) is 0.625. The molecule has 0 heterocycles. The van der Waals surface area contributed by atoms with Crippen LogP contribution in [0.1, 0.15) is 27.2 Å². The summed E-state index contributed by atoms with van der Waals surface area (Å²) in [5.74, 6) is 0.561. The maximum absolute atomic E-state index is 3.89. The first-order valence-electron chi connectivity index (χ1n) is 3.11. The third-order valence-electron chi connectivity index (χ3n) is 1.16. The van der Waals surface area contributed by atoms with Gasteiger partial charge in [-0.2, -0.15) is 0 Å². The van der Waals surface area contributed by atoms with Crippen LogP contribution in [-0.4, -0.2) is 0 Å². The molecule has 0 nitrogen and oxygen atoms in total. The molecule has 0 aliphatic heterocycles. The minimum Gasteiger partial charge on any atom is -0.0887 e. The first-order chi connectivity index (χ1) is 3.66. The second kappa shape index (κ2) is 3.71. The van der Waals surface area contributed by atoms with Crippen LogP contribution >= 0.6 is 0 Å². The molecule has 0 rings (SSSR count). The van der Waals surface area contributed by atoms with E-state index in [0.717, 1.165) is 6.42 Å². The molecule has 0 spiro atoms. The summed E-state index contributed by atoms with van der Waals surface area (Å²) >= 11 is 0. The lowest BCUT2D eigenvalue weighted by molar-refractivity contribution is 0.711. The topological polar surface area (TPSA) is 0 Å². The molecule has 8 heavy (non-hydrogen) atoms. The van der Waals surface area contributed by atoms with Crippen LogP contribution in [0.5, 0.6) is 0 Å². The second-order valence-corrected chi connectivity index (χ2v) is 2.44. The van der Waals surface area contributed by atoms with Crippen molar-refractivity contribution in [3.05, 3.63) is 18.6 Å². The van der Waals surface area contributed by atoms with Crippen molar-refractivity contribution in [3.63, 3.8) is 0 Å². The molecule has 0 aliphatic carbocycles. The predicted octanol–water partition coefficient (Wildman–Crippen LogP) is 2.81. The van der Waals surface area contributed by atoms with Gasteiger partial charge in [0, 0.05) is 0 Å². The standard InChI is InChI=1S/C8H15/c1-5-8(4)6-7(2)3/h5,7H,2,6H2,1,3-4H3/b8-5+. The minimum absolute atomic E-state index is 0.561. The first kappa shape index (κ1) is 7.74. The SMILES string of the molecule is [CH2]C(C)C/C(C)=C/C. The quantitative estimate of drug-likeness (QED) is 0.481. The predicted molar refractivity (Wildman–Crippen MR) is 38.6 cm³/mol. The van der Waals surface area contributed by atoms with Crippen molar-refractivity contribution in [2.24, 2.45) is 5.92 Å². The Morgan fingerprint density at radius 3 is 2.38 bits per heavy atom.